The van der Waals surface area contributed by atoms with Crippen LogP contribution in [0.15, 0.2) is 48.5 Å². The molecule has 0 aliphatic carbocycles. The Morgan fingerprint density at radius 3 is 2.53 bits per heavy atom. The Bertz CT molecular complexity index is 1130. The summed E-state index contributed by atoms with van der Waals surface area (Å²) in [6, 6.07) is 11.5. The third kappa shape index (κ3) is 3.06. The average molecular weight is 432 g/mol. The molecule has 0 aromatic heterocycles. The smallest absolute Gasteiger partial charge is 0.317 e. The Morgan fingerprint density at radius 1 is 1.17 bits per heavy atom. The summed E-state index contributed by atoms with van der Waals surface area (Å²) in [5, 5.41) is 22.5. The Balaban J connectivity index is 1.82. The summed E-state index contributed by atoms with van der Waals surface area (Å²) in [6.07, 6.45) is 1.34. The van der Waals surface area contributed by atoms with E-state index < -0.39 is 30.5 Å². The molecular formula is C19H22N5O5S+. The molecule has 0 saturated carbocycles. The molecule has 2 heterocycles. The fourth-order valence-corrected chi connectivity index (χ4v) is 5.74. The molecule has 2 aliphatic rings. The monoisotopic (exact) mass is 432 g/mol. The third-order valence-electron chi connectivity index (χ3n) is 6.02. The number of benzene rings is 2. The van der Waals surface area contributed by atoms with Crippen LogP contribution < -0.4 is 19.7 Å². The number of hydrogen-bond acceptors (Lipinski definition) is 6. The van der Waals surface area contributed by atoms with E-state index in [9.17, 15) is 23.3 Å². The van der Waals surface area contributed by atoms with Crippen molar-refractivity contribution in [2.45, 2.75) is 18.3 Å². The second-order valence-corrected chi connectivity index (χ2v) is 9.35. The van der Waals surface area contributed by atoms with Gasteiger partial charge in [0.25, 0.3) is 5.69 Å². The molecule has 1 atom stereocenters. The molecule has 2 aromatic rings. The maximum atomic E-state index is 13.5. The summed E-state index contributed by atoms with van der Waals surface area (Å²) in [5.74, 6) is 0. The largest absolute Gasteiger partial charge is 0.442 e. The highest BCUT2D eigenvalue weighted by atomic mass is 32.2. The summed E-state index contributed by atoms with van der Waals surface area (Å²) >= 11 is 0. The van der Waals surface area contributed by atoms with Crippen molar-refractivity contribution in [2.24, 2.45) is 5.14 Å². The number of nitrogens with two attached hydrogens (primary N) is 1. The summed E-state index contributed by atoms with van der Waals surface area (Å²) < 4.78 is 24.8. The molecule has 0 bridgehead atoms. The van der Waals surface area contributed by atoms with Gasteiger partial charge in [0.15, 0.2) is 5.69 Å². The standard InChI is InChI=1S/C19H21N5O5S/c20-30(28,29)24(18(25)22-14-4-3-5-15(12-14)23(26)27)13-19(8-10-21-11-9-19)16-6-1-2-7-17(16)24/h1-7,12,21H,8-11,13H2,(H2-,20,22,25,28,29)/p+1. The van der Waals surface area contributed by atoms with Crippen molar-refractivity contribution in [3.05, 3.63) is 64.2 Å². The van der Waals surface area contributed by atoms with E-state index in [1.165, 1.54) is 24.3 Å². The number of fused-ring (bicyclic) bond motifs is 2. The highest BCUT2D eigenvalue weighted by molar-refractivity contribution is 7.89. The van der Waals surface area contributed by atoms with Gasteiger partial charge in [-0.3, -0.25) is 15.4 Å². The normalized spacial score (nSPS) is 22.4. The number of non-ortho nitro benzene ring substituents is 1. The Labute approximate surface area is 173 Å². The highest BCUT2D eigenvalue weighted by Gasteiger charge is 2.63. The van der Waals surface area contributed by atoms with Gasteiger partial charge in [0, 0.05) is 23.8 Å². The highest BCUT2D eigenvalue weighted by Crippen LogP contribution is 2.51. The lowest BCUT2D eigenvalue weighted by Crippen LogP contribution is -2.64. The second kappa shape index (κ2) is 7.13. The summed E-state index contributed by atoms with van der Waals surface area (Å²) in [7, 11) is -4.43. The van der Waals surface area contributed by atoms with Crippen LogP contribution in [-0.4, -0.2) is 39.0 Å². The molecule has 2 aromatic carbocycles. The molecule has 2 amide bonds. The first-order valence-electron chi connectivity index (χ1n) is 9.47. The van der Waals surface area contributed by atoms with E-state index in [1.807, 2.05) is 12.1 Å². The molecule has 0 radical (unpaired) electrons. The zero-order chi connectivity index (χ0) is 21.6. The predicted molar refractivity (Wildman–Crippen MR) is 112 cm³/mol. The van der Waals surface area contributed by atoms with Crippen LogP contribution in [-0.2, 0) is 15.6 Å². The van der Waals surface area contributed by atoms with Crippen molar-refractivity contribution in [1.29, 1.82) is 0 Å². The van der Waals surface area contributed by atoms with Crippen LogP contribution in [0.2, 0.25) is 0 Å². The number of nitro groups is 1. The molecule has 158 valence electrons. The minimum absolute atomic E-state index is 0.0202. The number of quaternary nitrogens is 1. The topological polar surface area (TPSA) is 144 Å². The molecule has 2 aliphatic heterocycles. The number of hydrogen-bond donors (Lipinski definition) is 3. The third-order valence-corrected chi connectivity index (χ3v) is 7.38. The SMILES string of the molecule is NS(=O)(=O)[N+]1(C(=O)Nc2cccc([N+](=O)[O-])c2)CC2(CCNCC2)c2ccccc21. The van der Waals surface area contributed by atoms with Crippen molar-refractivity contribution in [2.75, 3.05) is 25.0 Å². The molecule has 4 N–H and O–H groups in total. The first-order valence-corrected chi connectivity index (χ1v) is 11.0. The quantitative estimate of drug-likeness (QED) is 0.384. The lowest BCUT2D eigenvalue weighted by Gasteiger charge is -2.34. The van der Waals surface area contributed by atoms with Crippen LogP contribution in [0.5, 0.6) is 0 Å². The summed E-state index contributed by atoms with van der Waals surface area (Å²) in [6.45, 7) is 1.38. The van der Waals surface area contributed by atoms with Gasteiger partial charge in [-0.25, -0.2) is 4.79 Å². The molecule has 1 unspecified atom stereocenters. The number of nitrogens with one attached hydrogen (secondary N) is 2. The van der Waals surface area contributed by atoms with Crippen molar-refractivity contribution >= 4 is 33.3 Å². The minimum Gasteiger partial charge on any atom is -0.317 e. The second-order valence-electron chi connectivity index (χ2n) is 7.70. The molecule has 30 heavy (non-hydrogen) atoms. The maximum Gasteiger partial charge on any atom is 0.442 e. The first-order chi connectivity index (χ1) is 14.2. The number of nitro benzene ring substituents is 1. The van der Waals surface area contributed by atoms with Crippen molar-refractivity contribution in [3.63, 3.8) is 0 Å². The number of nitrogens with zero attached hydrogens (tertiary/aromatic N) is 2. The molecule has 4 rings (SSSR count). The van der Waals surface area contributed by atoms with Gasteiger partial charge in [0.2, 0.25) is 0 Å². The van der Waals surface area contributed by atoms with Crippen LogP contribution in [0, 0.1) is 10.1 Å². The molecule has 1 saturated heterocycles. The number of rotatable bonds is 3. The van der Waals surface area contributed by atoms with E-state index in [4.69, 9.17) is 5.14 Å². The first kappa shape index (κ1) is 20.4. The Kier molecular flexibility index (Phi) is 4.85. The number of para-hydroxylation sites is 1. The number of carbonyl (C=O) groups excluding carboxylic acids is 1. The summed E-state index contributed by atoms with van der Waals surface area (Å²) in [4.78, 5) is 23.9. The minimum atomic E-state index is -4.43. The maximum absolute atomic E-state index is 13.5. The fourth-order valence-electron chi connectivity index (χ4n) is 4.60. The van der Waals surface area contributed by atoms with E-state index in [0.717, 1.165) is 5.56 Å². The molecule has 1 spiro atoms. The number of urea groups is 1. The van der Waals surface area contributed by atoms with E-state index >= 15 is 0 Å². The van der Waals surface area contributed by atoms with Crippen LogP contribution >= 0.6 is 0 Å². The Morgan fingerprint density at radius 2 is 1.87 bits per heavy atom. The van der Waals surface area contributed by atoms with Crippen LogP contribution in [0.3, 0.4) is 0 Å². The van der Waals surface area contributed by atoms with Gasteiger partial charge in [0.05, 0.1) is 16.0 Å². The van der Waals surface area contributed by atoms with E-state index in [2.05, 4.69) is 10.6 Å². The lowest BCUT2D eigenvalue weighted by atomic mass is 9.75. The summed E-state index contributed by atoms with van der Waals surface area (Å²) in [5.41, 5.74) is 0.527. The molecule has 1 fully saturated rings. The van der Waals surface area contributed by atoms with Gasteiger partial charge in [-0.1, -0.05) is 28.2 Å². The van der Waals surface area contributed by atoms with Crippen LogP contribution in [0.25, 0.3) is 0 Å². The van der Waals surface area contributed by atoms with E-state index in [1.54, 1.807) is 12.1 Å². The van der Waals surface area contributed by atoms with Gasteiger partial charge >= 0.3 is 16.2 Å². The van der Waals surface area contributed by atoms with Gasteiger partial charge < -0.3 is 5.32 Å². The van der Waals surface area contributed by atoms with E-state index in [-0.39, 0.29) is 17.9 Å². The zero-order valence-corrected chi connectivity index (χ0v) is 16.9. The molecule has 10 nitrogen and oxygen atoms in total. The number of piperidine rings is 1. The Hall–Kier alpha value is -2.86. The zero-order valence-electron chi connectivity index (χ0n) is 16.1. The predicted octanol–water partition coefficient (Wildman–Crippen LogP) is 1.97. The average Bonchev–Trinajstić information content (AvgIpc) is 3.00. The van der Waals surface area contributed by atoms with E-state index in [0.29, 0.717) is 31.6 Å². The molecule has 11 heteroatoms. The van der Waals surface area contributed by atoms with Gasteiger partial charge in [-0.15, -0.1) is 0 Å². The van der Waals surface area contributed by atoms with Gasteiger partial charge in [-0.05, 0) is 32.0 Å². The number of amides is 2. The molecular weight excluding hydrogens is 410 g/mol. The fraction of sp³-hybridized carbons (Fsp3) is 0.316. The number of carbonyl (C=O) groups is 1. The van der Waals surface area contributed by atoms with Gasteiger partial charge in [-0.2, -0.15) is 13.6 Å². The van der Waals surface area contributed by atoms with Crippen molar-refractivity contribution in [1.82, 2.24) is 9.21 Å². The van der Waals surface area contributed by atoms with Crippen molar-refractivity contribution in [3.8, 4) is 0 Å². The van der Waals surface area contributed by atoms with Crippen molar-refractivity contribution < 1.29 is 18.1 Å². The van der Waals surface area contributed by atoms with Crippen LogP contribution in [0.1, 0.15) is 18.4 Å². The number of anilines is 1. The van der Waals surface area contributed by atoms with Gasteiger partial charge in [0.1, 0.15) is 6.54 Å². The van der Waals surface area contributed by atoms with Crippen LogP contribution in [0.4, 0.5) is 21.9 Å². The lowest BCUT2D eigenvalue weighted by molar-refractivity contribution is -0.384.